The van der Waals surface area contributed by atoms with Crippen molar-refractivity contribution in [2.24, 2.45) is 5.92 Å². The Morgan fingerprint density at radius 2 is 1.93 bits per heavy atom. The molecule has 1 unspecified atom stereocenters. The Bertz CT molecular complexity index is 701. The van der Waals surface area contributed by atoms with Crippen LogP contribution in [0.5, 0.6) is 0 Å². The van der Waals surface area contributed by atoms with Gasteiger partial charge in [-0.05, 0) is 38.5 Å². The number of hydrogen-bond donors (Lipinski definition) is 0. The highest BCUT2D eigenvalue weighted by Gasteiger charge is 2.36. The van der Waals surface area contributed by atoms with Crippen molar-refractivity contribution in [2.75, 3.05) is 26.8 Å². The van der Waals surface area contributed by atoms with Crippen molar-refractivity contribution in [1.82, 2.24) is 19.2 Å². The molecule has 0 N–H and O–H groups in total. The van der Waals surface area contributed by atoms with Gasteiger partial charge in [-0.15, -0.1) is 0 Å². The van der Waals surface area contributed by atoms with Crippen molar-refractivity contribution in [1.29, 1.82) is 0 Å². The molecular formula is C21H36N4O3. The van der Waals surface area contributed by atoms with E-state index in [4.69, 9.17) is 9.84 Å². The zero-order valence-corrected chi connectivity index (χ0v) is 17.7. The summed E-state index contributed by atoms with van der Waals surface area (Å²) in [4.78, 5) is 28.0. The van der Waals surface area contributed by atoms with Crippen LogP contribution in [0.4, 0.5) is 0 Å². The summed E-state index contributed by atoms with van der Waals surface area (Å²) in [6.07, 6.45) is 8.07. The van der Waals surface area contributed by atoms with E-state index in [0.717, 1.165) is 63.7 Å². The third kappa shape index (κ3) is 4.67. The Morgan fingerprint density at radius 1 is 1.21 bits per heavy atom. The van der Waals surface area contributed by atoms with E-state index in [-0.39, 0.29) is 23.6 Å². The molecule has 3 rings (SSSR count). The minimum absolute atomic E-state index is 0.0205. The van der Waals surface area contributed by atoms with Gasteiger partial charge in [0.05, 0.1) is 13.2 Å². The zero-order valence-electron chi connectivity index (χ0n) is 17.7. The van der Waals surface area contributed by atoms with Gasteiger partial charge in [-0.25, -0.2) is 9.48 Å². The molecule has 1 aliphatic carbocycles. The second-order valence-corrected chi connectivity index (χ2v) is 8.36. The maximum atomic E-state index is 13.1. The number of carbonyl (C=O) groups is 1. The number of aromatic nitrogens is 3. The standard InChI is InChI=1S/C21H36N4O3/c1-4-7-16(8-5-2)20(26)23-12-6-9-17(15-23)19-22-24(13-14-28-3)21(27)25(19)18-10-11-18/h16-18H,4-15H2,1-3H3. The van der Waals surface area contributed by atoms with Gasteiger partial charge in [0.1, 0.15) is 5.82 Å². The van der Waals surface area contributed by atoms with E-state index in [2.05, 4.69) is 13.8 Å². The molecule has 1 aromatic rings. The Hall–Kier alpha value is -1.63. The van der Waals surface area contributed by atoms with Gasteiger partial charge in [0.15, 0.2) is 0 Å². The Balaban J connectivity index is 1.78. The Kier molecular flexibility index (Phi) is 7.32. The molecule has 1 aliphatic heterocycles. The molecule has 1 saturated heterocycles. The van der Waals surface area contributed by atoms with Crippen LogP contribution in [0.1, 0.15) is 83.0 Å². The predicted molar refractivity (Wildman–Crippen MR) is 108 cm³/mol. The van der Waals surface area contributed by atoms with Crippen LogP contribution in [0, 0.1) is 5.92 Å². The zero-order chi connectivity index (χ0) is 20.1. The molecule has 2 fully saturated rings. The van der Waals surface area contributed by atoms with Crippen LogP contribution in [-0.2, 0) is 16.1 Å². The van der Waals surface area contributed by atoms with E-state index < -0.39 is 0 Å². The van der Waals surface area contributed by atoms with Gasteiger partial charge < -0.3 is 9.64 Å². The molecule has 28 heavy (non-hydrogen) atoms. The van der Waals surface area contributed by atoms with E-state index >= 15 is 0 Å². The number of nitrogens with zero attached hydrogens (tertiary/aromatic N) is 4. The van der Waals surface area contributed by atoms with Crippen molar-refractivity contribution in [3.63, 3.8) is 0 Å². The topological polar surface area (TPSA) is 69.4 Å². The fourth-order valence-corrected chi connectivity index (χ4v) is 4.45. The second-order valence-electron chi connectivity index (χ2n) is 8.36. The smallest absolute Gasteiger partial charge is 0.346 e. The molecule has 2 aliphatic rings. The molecule has 1 amide bonds. The summed E-state index contributed by atoms with van der Waals surface area (Å²) in [6, 6.07) is 0.290. The summed E-state index contributed by atoms with van der Waals surface area (Å²) in [5, 5.41) is 4.69. The number of piperidine rings is 1. The molecule has 2 heterocycles. The summed E-state index contributed by atoms with van der Waals surface area (Å²) in [7, 11) is 1.64. The molecule has 1 aromatic heterocycles. The first-order chi connectivity index (χ1) is 13.6. The molecule has 0 radical (unpaired) electrons. The van der Waals surface area contributed by atoms with E-state index in [1.807, 2.05) is 9.47 Å². The van der Waals surface area contributed by atoms with Gasteiger partial charge in [0, 0.05) is 38.1 Å². The minimum atomic E-state index is -0.0205. The van der Waals surface area contributed by atoms with Crippen molar-refractivity contribution >= 4 is 5.91 Å². The van der Waals surface area contributed by atoms with Gasteiger partial charge in [0.25, 0.3) is 0 Å². The molecule has 158 valence electrons. The van der Waals surface area contributed by atoms with Crippen LogP contribution in [0.3, 0.4) is 0 Å². The molecule has 0 spiro atoms. The first-order valence-electron chi connectivity index (χ1n) is 11.1. The lowest BCUT2D eigenvalue weighted by Crippen LogP contribution is -2.43. The van der Waals surface area contributed by atoms with E-state index in [1.165, 1.54) is 0 Å². The highest BCUT2D eigenvalue weighted by atomic mass is 16.5. The Morgan fingerprint density at radius 3 is 2.54 bits per heavy atom. The van der Waals surface area contributed by atoms with Gasteiger partial charge in [0.2, 0.25) is 5.91 Å². The van der Waals surface area contributed by atoms with Crippen LogP contribution >= 0.6 is 0 Å². The number of likely N-dealkylation sites (tertiary alicyclic amines) is 1. The predicted octanol–water partition coefficient (Wildman–Crippen LogP) is 2.95. The summed E-state index contributed by atoms with van der Waals surface area (Å²) >= 11 is 0. The lowest BCUT2D eigenvalue weighted by Gasteiger charge is -2.34. The van der Waals surface area contributed by atoms with Gasteiger partial charge in [-0.2, -0.15) is 5.10 Å². The summed E-state index contributed by atoms with van der Waals surface area (Å²) < 4.78 is 8.59. The maximum Gasteiger partial charge on any atom is 0.346 e. The van der Waals surface area contributed by atoms with Crippen LogP contribution in [0.15, 0.2) is 4.79 Å². The number of carbonyl (C=O) groups excluding carboxylic acids is 1. The van der Waals surface area contributed by atoms with Crippen molar-refractivity contribution in [2.45, 2.75) is 83.7 Å². The molecule has 1 saturated carbocycles. The highest BCUT2D eigenvalue weighted by Crippen LogP contribution is 2.37. The minimum Gasteiger partial charge on any atom is -0.383 e. The van der Waals surface area contributed by atoms with Crippen molar-refractivity contribution < 1.29 is 9.53 Å². The quantitative estimate of drug-likeness (QED) is 0.614. The summed E-state index contributed by atoms with van der Waals surface area (Å²) in [6.45, 7) is 6.78. The second kappa shape index (κ2) is 9.72. The Labute approximate surface area is 168 Å². The lowest BCUT2D eigenvalue weighted by molar-refractivity contribution is -0.137. The summed E-state index contributed by atoms with van der Waals surface area (Å²) in [5.74, 6) is 1.47. The fourth-order valence-electron chi connectivity index (χ4n) is 4.45. The molecule has 0 bridgehead atoms. The average Bonchev–Trinajstić information content (AvgIpc) is 3.49. The van der Waals surface area contributed by atoms with E-state index in [1.54, 1.807) is 11.8 Å². The van der Waals surface area contributed by atoms with E-state index in [0.29, 0.717) is 25.6 Å². The SMILES string of the molecule is CCCC(CCC)C(=O)N1CCCC(c2nn(CCOC)c(=O)n2C2CC2)C1. The van der Waals surface area contributed by atoms with Crippen molar-refractivity contribution in [3.05, 3.63) is 16.3 Å². The normalized spacial score (nSPS) is 20.1. The largest absolute Gasteiger partial charge is 0.383 e. The lowest BCUT2D eigenvalue weighted by atomic mass is 9.92. The average molecular weight is 393 g/mol. The molecule has 7 heteroatoms. The third-order valence-corrected chi connectivity index (χ3v) is 6.04. The van der Waals surface area contributed by atoms with Crippen LogP contribution in [0.2, 0.25) is 0 Å². The molecule has 1 atom stereocenters. The third-order valence-electron chi connectivity index (χ3n) is 6.04. The first-order valence-corrected chi connectivity index (χ1v) is 11.1. The summed E-state index contributed by atoms with van der Waals surface area (Å²) in [5.41, 5.74) is -0.0205. The van der Waals surface area contributed by atoms with Crippen molar-refractivity contribution in [3.8, 4) is 0 Å². The fraction of sp³-hybridized carbons (Fsp3) is 0.857. The molecular weight excluding hydrogens is 356 g/mol. The number of methoxy groups -OCH3 is 1. The number of amides is 1. The first kappa shape index (κ1) is 21.1. The molecule has 7 nitrogen and oxygen atoms in total. The van der Waals surface area contributed by atoms with Crippen LogP contribution in [-0.4, -0.2) is 52.0 Å². The number of hydrogen-bond acceptors (Lipinski definition) is 4. The van der Waals surface area contributed by atoms with Crippen LogP contribution in [0.25, 0.3) is 0 Å². The highest BCUT2D eigenvalue weighted by molar-refractivity contribution is 5.79. The molecule has 0 aromatic carbocycles. The van der Waals surface area contributed by atoms with Gasteiger partial charge >= 0.3 is 5.69 Å². The monoisotopic (exact) mass is 392 g/mol. The number of ether oxygens (including phenoxy) is 1. The van der Waals surface area contributed by atoms with Gasteiger partial charge in [-0.1, -0.05) is 26.7 Å². The van der Waals surface area contributed by atoms with Crippen LogP contribution < -0.4 is 5.69 Å². The van der Waals surface area contributed by atoms with E-state index in [9.17, 15) is 9.59 Å². The van der Waals surface area contributed by atoms with Gasteiger partial charge in [-0.3, -0.25) is 9.36 Å². The maximum absolute atomic E-state index is 13.1. The number of rotatable bonds is 10.